The molecule has 0 saturated heterocycles. The van der Waals surface area contributed by atoms with E-state index in [0.29, 0.717) is 12.5 Å². The van der Waals surface area contributed by atoms with E-state index in [-0.39, 0.29) is 0 Å². The predicted molar refractivity (Wildman–Crippen MR) is 95.5 cm³/mol. The summed E-state index contributed by atoms with van der Waals surface area (Å²) in [4.78, 5) is 9.60. The van der Waals surface area contributed by atoms with E-state index in [9.17, 15) is 0 Å². The van der Waals surface area contributed by atoms with E-state index in [0.717, 1.165) is 35.7 Å². The van der Waals surface area contributed by atoms with Crippen LogP contribution in [0, 0.1) is 0 Å². The quantitative estimate of drug-likeness (QED) is 0.793. The maximum absolute atomic E-state index is 5.59. The van der Waals surface area contributed by atoms with Crippen molar-refractivity contribution in [3.8, 4) is 11.3 Å². The van der Waals surface area contributed by atoms with Gasteiger partial charge in [-0.3, -0.25) is 0 Å². The van der Waals surface area contributed by atoms with Gasteiger partial charge in [-0.2, -0.15) is 0 Å². The number of rotatable bonds is 6. The third-order valence-electron chi connectivity index (χ3n) is 4.52. The minimum absolute atomic E-state index is 0.518. The molecule has 0 aliphatic heterocycles. The van der Waals surface area contributed by atoms with Crippen molar-refractivity contribution in [2.45, 2.75) is 44.4 Å². The minimum Gasteiger partial charge on any atom is -0.382 e. The zero-order chi connectivity index (χ0) is 15.9. The Morgan fingerprint density at radius 1 is 1.09 bits per heavy atom. The molecule has 23 heavy (non-hydrogen) atoms. The van der Waals surface area contributed by atoms with Crippen LogP contribution in [-0.2, 0) is 0 Å². The van der Waals surface area contributed by atoms with Gasteiger partial charge in [0, 0.05) is 18.0 Å². The molecular weight excluding hydrogens is 284 g/mol. The van der Waals surface area contributed by atoms with Crippen molar-refractivity contribution in [2.75, 3.05) is 18.4 Å². The largest absolute Gasteiger partial charge is 0.382 e. The molecule has 0 bridgehead atoms. The number of nitrogens with one attached hydrogen (secondary N) is 1. The van der Waals surface area contributed by atoms with E-state index in [2.05, 4.69) is 34.6 Å². The Labute approximate surface area is 138 Å². The molecule has 1 aromatic carbocycles. The molecule has 0 spiro atoms. The number of nitrogens with zero attached hydrogens (tertiary/aromatic N) is 2. The Bertz CT molecular complexity index is 606. The summed E-state index contributed by atoms with van der Waals surface area (Å²) in [5, 5.41) is 3.44. The first kappa shape index (κ1) is 15.9. The molecule has 1 heterocycles. The molecule has 1 aromatic heterocycles. The number of nitrogens with two attached hydrogens (primary N) is 1. The lowest BCUT2D eigenvalue weighted by atomic mass is 9.88. The summed E-state index contributed by atoms with van der Waals surface area (Å²) in [6.07, 6.45) is 9.27. The van der Waals surface area contributed by atoms with Gasteiger partial charge in [0.1, 0.15) is 5.82 Å². The van der Waals surface area contributed by atoms with Crippen molar-refractivity contribution in [3.63, 3.8) is 0 Å². The summed E-state index contributed by atoms with van der Waals surface area (Å²) in [5.41, 5.74) is 8.75. The Balaban J connectivity index is 1.90. The molecule has 122 valence electrons. The van der Waals surface area contributed by atoms with Crippen LogP contribution in [0.3, 0.4) is 0 Å². The second kappa shape index (κ2) is 8.06. The third-order valence-corrected chi connectivity index (χ3v) is 4.52. The van der Waals surface area contributed by atoms with Crippen LogP contribution < -0.4 is 11.1 Å². The molecule has 3 rings (SSSR count). The lowest BCUT2D eigenvalue weighted by molar-refractivity contribution is 0.429. The highest BCUT2D eigenvalue weighted by Crippen LogP contribution is 2.33. The van der Waals surface area contributed by atoms with Gasteiger partial charge in [-0.1, -0.05) is 49.6 Å². The zero-order valence-electron chi connectivity index (χ0n) is 13.7. The molecule has 1 aliphatic carbocycles. The van der Waals surface area contributed by atoms with E-state index in [1.807, 2.05) is 12.3 Å². The maximum Gasteiger partial charge on any atom is 0.132 e. The highest BCUT2D eigenvalue weighted by molar-refractivity contribution is 5.73. The maximum atomic E-state index is 5.59. The van der Waals surface area contributed by atoms with Crippen LogP contribution in [0.5, 0.6) is 0 Å². The molecule has 1 aliphatic rings. The fourth-order valence-corrected chi connectivity index (χ4v) is 3.22. The topological polar surface area (TPSA) is 63.8 Å². The number of aromatic nitrogens is 2. The Morgan fingerprint density at radius 2 is 1.87 bits per heavy atom. The van der Waals surface area contributed by atoms with Crippen LogP contribution >= 0.6 is 0 Å². The highest BCUT2D eigenvalue weighted by atomic mass is 15.0. The zero-order valence-corrected chi connectivity index (χ0v) is 13.7. The van der Waals surface area contributed by atoms with Crippen LogP contribution in [0.25, 0.3) is 11.3 Å². The van der Waals surface area contributed by atoms with Crippen molar-refractivity contribution >= 4 is 5.69 Å². The Kier molecular flexibility index (Phi) is 5.59. The molecule has 1 saturated carbocycles. The van der Waals surface area contributed by atoms with Gasteiger partial charge in [0.15, 0.2) is 0 Å². The molecule has 4 nitrogen and oxygen atoms in total. The first-order valence-corrected chi connectivity index (χ1v) is 8.75. The number of benzene rings is 1. The van der Waals surface area contributed by atoms with Crippen LogP contribution in [0.4, 0.5) is 5.69 Å². The van der Waals surface area contributed by atoms with E-state index in [1.54, 1.807) is 0 Å². The summed E-state index contributed by atoms with van der Waals surface area (Å²) in [6, 6.07) is 10.4. The normalized spacial score (nSPS) is 15.5. The molecule has 0 radical (unpaired) electrons. The SMILES string of the molecule is NCCCNc1cnc(C2CCCCC2)nc1-c1ccccc1. The van der Waals surface area contributed by atoms with Crippen LogP contribution in [0.1, 0.15) is 50.3 Å². The van der Waals surface area contributed by atoms with Crippen molar-refractivity contribution in [1.82, 2.24) is 9.97 Å². The van der Waals surface area contributed by atoms with E-state index in [4.69, 9.17) is 10.7 Å². The number of anilines is 1. The lowest BCUT2D eigenvalue weighted by Crippen LogP contribution is -2.13. The Morgan fingerprint density at radius 3 is 2.61 bits per heavy atom. The fraction of sp³-hybridized carbons (Fsp3) is 0.474. The Hall–Kier alpha value is -1.94. The molecule has 0 atom stereocenters. The average molecular weight is 310 g/mol. The fourth-order valence-electron chi connectivity index (χ4n) is 3.22. The third kappa shape index (κ3) is 4.08. The molecule has 4 heteroatoms. The van der Waals surface area contributed by atoms with Crippen LogP contribution in [0.2, 0.25) is 0 Å². The lowest BCUT2D eigenvalue weighted by Gasteiger charge is -2.21. The van der Waals surface area contributed by atoms with Gasteiger partial charge in [0.25, 0.3) is 0 Å². The second-order valence-electron chi connectivity index (χ2n) is 6.26. The van der Waals surface area contributed by atoms with Gasteiger partial charge in [0.05, 0.1) is 17.6 Å². The van der Waals surface area contributed by atoms with E-state index >= 15 is 0 Å². The van der Waals surface area contributed by atoms with Crippen LogP contribution in [0.15, 0.2) is 36.5 Å². The molecular formula is C19H26N4. The van der Waals surface area contributed by atoms with E-state index < -0.39 is 0 Å². The second-order valence-corrected chi connectivity index (χ2v) is 6.26. The van der Waals surface area contributed by atoms with Gasteiger partial charge < -0.3 is 11.1 Å². The molecule has 2 aromatic rings. The van der Waals surface area contributed by atoms with E-state index in [1.165, 1.54) is 32.1 Å². The monoisotopic (exact) mass is 310 g/mol. The standard InChI is InChI=1S/C19H26N4/c20-12-7-13-21-17-14-22-19(16-10-5-2-6-11-16)23-18(17)15-8-3-1-4-9-15/h1,3-4,8-9,14,16,21H,2,5-7,10-13,20H2. The summed E-state index contributed by atoms with van der Waals surface area (Å²) in [5.74, 6) is 1.53. The molecule has 1 fully saturated rings. The van der Waals surface area contributed by atoms with Gasteiger partial charge in [-0.15, -0.1) is 0 Å². The highest BCUT2D eigenvalue weighted by Gasteiger charge is 2.20. The van der Waals surface area contributed by atoms with Gasteiger partial charge in [-0.05, 0) is 25.8 Å². The van der Waals surface area contributed by atoms with Crippen molar-refractivity contribution in [2.24, 2.45) is 5.73 Å². The van der Waals surface area contributed by atoms with Crippen molar-refractivity contribution in [3.05, 3.63) is 42.4 Å². The summed E-state index contributed by atoms with van der Waals surface area (Å²) < 4.78 is 0. The first-order chi connectivity index (χ1) is 11.4. The first-order valence-electron chi connectivity index (χ1n) is 8.75. The average Bonchev–Trinajstić information content (AvgIpc) is 2.63. The van der Waals surface area contributed by atoms with Crippen molar-refractivity contribution < 1.29 is 0 Å². The summed E-state index contributed by atoms with van der Waals surface area (Å²) >= 11 is 0. The number of hydrogen-bond donors (Lipinski definition) is 2. The smallest absolute Gasteiger partial charge is 0.132 e. The molecule has 0 amide bonds. The summed E-state index contributed by atoms with van der Waals surface area (Å²) in [7, 11) is 0. The minimum atomic E-state index is 0.518. The van der Waals surface area contributed by atoms with Crippen LogP contribution in [-0.4, -0.2) is 23.1 Å². The summed E-state index contributed by atoms with van der Waals surface area (Å²) in [6.45, 7) is 1.54. The van der Waals surface area contributed by atoms with Crippen molar-refractivity contribution in [1.29, 1.82) is 0 Å². The molecule has 3 N–H and O–H groups in total. The predicted octanol–water partition coefficient (Wildman–Crippen LogP) is 3.95. The number of hydrogen-bond acceptors (Lipinski definition) is 4. The van der Waals surface area contributed by atoms with Gasteiger partial charge >= 0.3 is 0 Å². The van der Waals surface area contributed by atoms with Gasteiger partial charge in [-0.25, -0.2) is 9.97 Å². The molecule has 0 unspecified atom stereocenters. The van der Waals surface area contributed by atoms with Gasteiger partial charge in [0.2, 0.25) is 0 Å².